The molecule has 1 atom stereocenters. The molecule has 1 unspecified atom stereocenters. The molecule has 2 heterocycles. The molecule has 0 fully saturated rings. The molecular formula is C22H16F4IN5O2. The number of hydrogen-bond acceptors (Lipinski definition) is 6. The van der Waals surface area contributed by atoms with Gasteiger partial charge in [0.25, 0.3) is 0 Å². The predicted molar refractivity (Wildman–Crippen MR) is 120 cm³/mol. The van der Waals surface area contributed by atoms with Gasteiger partial charge >= 0.3 is 5.92 Å². The van der Waals surface area contributed by atoms with Crippen LogP contribution in [0.5, 0.6) is 11.5 Å². The molecule has 0 saturated heterocycles. The monoisotopic (exact) mass is 585 g/mol. The van der Waals surface area contributed by atoms with Gasteiger partial charge in [-0.2, -0.15) is 8.78 Å². The Morgan fingerprint density at radius 1 is 1.00 bits per heavy atom. The van der Waals surface area contributed by atoms with E-state index < -0.39 is 41.0 Å². The van der Waals surface area contributed by atoms with Crippen LogP contribution < -0.4 is 4.74 Å². The summed E-state index contributed by atoms with van der Waals surface area (Å²) in [6, 6.07) is 11.3. The Kier molecular flexibility index (Phi) is 6.79. The zero-order valence-electron chi connectivity index (χ0n) is 17.2. The van der Waals surface area contributed by atoms with E-state index in [-0.39, 0.29) is 5.75 Å². The largest absolute Gasteiger partial charge is 0.456 e. The third-order valence-electron chi connectivity index (χ3n) is 5.05. The van der Waals surface area contributed by atoms with E-state index in [0.29, 0.717) is 11.8 Å². The Bertz CT molecular complexity index is 1260. The van der Waals surface area contributed by atoms with Crippen molar-refractivity contribution in [1.82, 2.24) is 25.2 Å². The maximum absolute atomic E-state index is 15.7. The van der Waals surface area contributed by atoms with Gasteiger partial charge < -0.3 is 9.84 Å². The van der Waals surface area contributed by atoms with E-state index in [1.807, 2.05) is 12.1 Å². The van der Waals surface area contributed by atoms with Crippen molar-refractivity contribution in [2.75, 3.05) is 0 Å². The minimum Gasteiger partial charge on any atom is -0.456 e. The molecule has 34 heavy (non-hydrogen) atoms. The molecular weight excluding hydrogens is 569 g/mol. The van der Waals surface area contributed by atoms with Crippen LogP contribution in [-0.4, -0.2) is 30.3 Å². The molecule has 2 aromatic carbocycles. The first-order chi connectivity index (χ1) is 16.2. The van der Waals surface area contributed by atoms with Gasteiger partial charge in [0.1, 0.15) is 35.2 Å². The molecule has 0 aliphatic heterocycles. The molecule has 4 aromatic rings. The number of benzene rings is 2. The van der Waals surface area contributed by atoms with E-state index in [4.69, 9.17) is 4.74 Å². The minimum atomic E-state index is -4.14. The van der Waals surface area contributed by atoms with E-state index in [0.717, 1.165) is 45.4 Å². The van der Waals surface area contributed by atoms with Crippen molar-refractivity contribution in [2.24, 2.45) is 0 Å². The molecule has 1 N–H and O–H groups in total. The molecule has 0 amide bonds. The van der Waals surface area contributed by atoms with E-state index in [1.54, 1.807) is 12.1 Å². The Morgan fingerprint density at radius 2 is 1.74 bits per heavy atom. The summed E-state index contributed by atoms with van der Waals surface area (Å²) in [6.07, 6.45) is 2.05. The number of nitrogens with zero attached hydrogens (tertiary/aromatic N) is 5. The van der Waals surface area contributed by atoms with Gasteiger partial charge in [0.15, 0.2) is 5.60 Å². The summed E-state index contributed by atoms with van der Waals surface area (Å²) in [5.41, 5.74) is -3.81. The van der Waals surface area contributed by atoms with Crippen LogP contribution in [0, 0.1) is 11.6 Å². The highest BCUT2D eigenvalue weighted by Crippen LogP contribution is 2.46. The third-order valence-corrected chi connectivity index (χ3v) is 5.93. The van der Waals surface area contributed by atoms with Gasteiger partial charge in [0.2, 0.25) is 0 Å². The fourth-order valence-electron chi connectivity index (χ4n) is 3.29. The second kappa shape index (κ2) is 9.62. The third kappa shape index (κ3) is 4.73. The van der Waals surface area contributed by atoms with Gasteiger partial charge in [-0.25, -0.2) is 13.5 Å². The van der Waals surface area contributed by atoms with Crippen LogP contribution in [0.1, 0.15) is 16.8 Å². The van der Waals surface area contributed by atoms with Crippen molar-refractivity contribution < 1.29 is 27.4 Å². The maximum atomic E-state index is 15.7. The van der Waals surface area contributed by atoms with Gasteiger partial charge in [-0.15, -0.1) is 5.10 Å². The van der Waals surface area contributed by atoms with Crippen LogP contribution in [0.15, 0.2) is 67.1 Å². The van der Waals surface area contributed by atoms with Gasteiger partial charge in [-0.05, 0) is 52.4 Å². The lowest BCUT2D eigenvalue weighted by molar-refractivity contribution is -0.207. The summed E-state index contributed by atoms with van der Waals surface area (Å²) in [7, 11) is 0. The van der Waals surface area contributed by atoms with E-state index in [9.17, 15) is 13.9 Å². The maximum Gasteiger partial charge on any atom is 0.323 e. The summed E-state index contributed by atoms with van der Waals surface area (Å²) in [4.78, 5) is 3.75. The molecule has 0 radical (unpaired) electrons. The number of pyridine rings is 1. The molecule has 0 saturated carbocycles. The van der Waals surface area contributed by atoms with Crippen molar-refractivity contribution >= 4 is 22.6 Å². The number of rotatable bonds is 8. The number of ether oxygens (including phenoxy) is 1. The lowest BCUT2D eigenvalue weighted by atomic mass is 9.84. The average Bonchev–Trinajstić information content (AvgIpc) is 3.32. The number of halogens is 5. The van der Waals surface area contributed by atoms with Crippen molar-refractivity contribution in [1.29, 1.82) is 0 Å². The average molecular weight is 585 g/mol. The van der Waals surface area contributed by atoms with Crippen LogP contribution in [0.25, 0.3) is 0 Å². The SMILES string of the molecule is OC(Cn1cnnn1)(c1ccc(F)cc1F)C(F)(F)c1ccc(Oc2ccc(CI)cc2)cn1. The topological polar surface area (TPSA) is 86.0 Å². The molecule has 0 bridgehead atoms. The predicted octanol–water partition coefficient (Wildman–Crippen LogP) is 4.75. The zero-order valence-corrected chi connectivity index (χ0v) is 19.4. The quantitative estimate of drug-likeness (QED) is 0.183. The summed E-state index contributed by atoms with van der Waals surface area (Å²) in [6.45, 7) is -0.932. The lowest BCUT2D eigenvalue weighted by Gasteiger charge is -2.35. The van der Waals surface area contributed by atoms with Crippen LogP contribution in [-0.2, 0) is 22.5 Å². The van der Waals surface area contributed by atoms with Crippen molar-refractivity contribution in [3.05, 3.63) is 95.6 Å². The Morgan fingerprint density at radius 3 is 2.32 bits per heavy atom. The van der Waals surface area contributed by atoms with Crippen LogP contribution in [0.3, 0.4) is 0 Å². The smallest absolute Gasteiger partial charge is 0.323 e. The second-order valence-electron chi connectivity index (χ2n) is 7.33. The first-order valence-corrected chi connectivity index (χ1v) is 11.3. The Labute approximate surface area is 204 Å². The second-order valence-corrected chi connectivity index (χ2v) is 8.09. The number of aliphatic hydroxyl groups is 1. The van der Waals surface area contributed by atoms with Crippen LogP contribution in [0.4, 0.5) is 17.6 Å². The van der Waals surface area contributed by atoms with Crippen LogP contribution >= 0.6 is 22.6 Å². The van der Waals surface area contributed by atoms with Gasteiger partial charge in [0.05, 0.1) is 12.7 Å². The van der Waals surface area contributed by atoms with Gasteiger partial charge in [0, 0.05) is 16.1 Å². The van der Waals surface area contributed by atoms with E-state index in [1.165, 1.54) is 6.07 Å². The van der Waals surface area contributed by atoms with Gasteiger partial charge in [-0.3, -0.25) is 4.98 Å². The van der Waals surface area contributed by atoms with Crippen molar-refractivity contribution in [3.63, 3.8) is 0 Å². The standard InChI is InChI=1S/C22H16F4IN5O2/c23-15-3-7-18(19(24)9-15)21(33,12-32-13-29-30-31-32)22(25,26)20-8-6-17(11-28-20)34-16-4-1-14(10-27)2-5-16/h1-9,11,13,33H,10,12H2. The highest BCUT2D eigenvalue weighted by molar-refractivity contribution is 14.1. The fourth-order valence-corrected chi connectivity index (χ4v) is 3.80. The summed E-state index contributed by atoms with van der Waals surface area (Å²) >= 11 is 2.22. The zero-order chi connectivity index (χ0) is 24.3. The number of aromatic nitrogens is 5. The molecule has 0 spiro atoms. The summed E-state index contributed by atoms with van der Waals surface area (Å²) in [5.74, 6) is -5.82. The number of hydrogen-bond donors (Lipinski definition) is 1. The summed E-state index contributed by atoms with van der Waals surface area (Å²) in [5, 5.41) is 21.3. The van der Waals surface area contributed by atoms with E-state index >= 15 is 8.78 Å². The molecule has 0 aliphatic rings. The fraction of sp³-hybridized carbons (Fsp3) is 0.182. The molecule has 12 heteroatoms. The number of tetrazole rings is 1. The minimum absolute atomic E-state index is 0.179. The normalized spacial score (nSPS) is 13.5. The highest BCUT2D eigenvalue weighted by atomic mass is 127. The number of alkyl halides is 3. The van der Waals surface area contributed by atoms with E-state index in [2.05, 4.69) is 43.1 Å². The molecule has 0 aliphatic carbocycles. The van der Waals surface area contributed by atoms with Gasteiger partial charge in [-0.1, -0.05) is 34.7 Å². The van der Waals surface area contributed by atoms with Crippen molar-refractivity contribution in [2.45, 2.75) is 22.5 Å². The van der Waals surface area contributed by atoms with Crippen molar-refractivity contribution in [3.8, 4) is 11.5 Å². The molecule has 176 valence electrons. The molecule has 7 nitrogen and oxygen atoms in total. The lowest BCUT2D eigenvalue weighted by Crippen LogP contribution is -2.48. The molecule has 2 aromatic heterocycles. The highest BCUT2D eigenvalue weighted by Gasteiger charge is 2.58. The first kappa shape index (κ1) is 24.0. The first-order valence-electron chi connectivity index (χ1n) is 9.79. The Hall–Kier alpha value is -3.13. The molecule has 4 rings (SSSR count). The van der Waals surface area contributed by atoms with Crippen LogP contribution in [0.2, 0.25) is 0 Å². The summed E-state index contributed by atoms with van der Waals surface area (Å²) < 4.78 is 66.7. The Balaban J connectivity index is 1.68.